The molecular formula is C23H34N2. The van der Waals surface area contributed by atoms with Crippen molar-refractivity contribution in [3.05, 3.63) is 59.7 Å². The molecule has 136 valence electrons. The van der Waals surface area contributed by atoms with Gasteiger partial charge in [-0.3, -0.25) is 0 Å². The van der Waals surface area contributed by atoms with Gasteiger partial charge in [-0.25, -0.2) is 0 Å². The van der Waals surface area contributed by atoms with Crippen molar-refractivity contribution in [1.82, 2.24) is 10.6 Å². The molecular weight excluding hydrogens is 304 g/mol. The summed E-state index contributed by atoms with van der Waals surface area (Å²) in [5, 5.41) is 7.12. The Labute approximate surface area is 154 Å². The molecule has 0 aliphatic heterocycles. The zero-order valence-corrected chi connectivity index (χ0v) is 16.7. The van der Waals surface area contributed by atoms with E-state index >= 15 is 0 Å². The van der Waals surface area contributed by atoms with Gasteiger partial charge in [0.05, 0.1) is 0 Å². The van der Waals surface area contributed by atoms with E-state index in [0.29, 0.717) is 0 Å². The molecule has 0 saturated heterocycles. The lowest BCUT2D eigenvalue weighted by molar-refractivity contribution is 0.424. The average molecular weight is 339 g/mol. The van der Waals surface area contributed by atoms with Crippen molar-refractivity contribution < 1.29 is 0 Å². The maximum absolute atomic E-state index is 3.56. The van der Waals surface area contributed by atoms with Gasteiger partial charge < -0.3 is 10.6 Å². The summed E-state index contributed by atoms with van der Waals surface area (Å²) >= 11 is 0. The molecule has 2 aromatic rings. The SMILES string of the molecule is CC(C)(C)NCCc1cccc(-c2cccc(CNC(C)(C)C)c2)c1. The molecule has 0 heterocycles. The molecule has 2 nitrogen and oxygen atoms in total. The molecule has 0 bridgehead atoms. The van der Waals surface area contributed by atoms with Gasteiger partial charge in [0.1, 0.15) is 0 Å². The first-order valence-electron chi connectivity index (χ1n) is 9.31. The van der Waals surface area contributed by atoms with Crippen LogP contribution in [0.25, 0.3) is 11.1 Å². The predicted octanol–water partition coefficient (Wildman–Crippen LogP) is 5.17. The van der Waals surface area contributed by atoms with Gasteiger partial charge in [-0.2, -0.15) is 0 Å². The third kappa shape index (κ3) is 7.41. The summed E-state index contributed by atoms with van der Waals surface area (Å²) in [6.45, 7) is 15.1. The molecule has 0 spiro atoms. The number of hydrogen-bond acceptors (Lipinski definition) is 2. The smallest absolute Gasteiger partial charge is 0.0210 e. The zero-order chi connectivity index (χ0) is 18.5. The van der Waals surface area contributed by atoms with Crippen molar-refractivity contribution in [2.45, 2.75) is 65.6 Å². The van der Waals surface area contributed by atoms with Crippen LogP contribution in [-0.2, 0) is 13.0 Å². The van der Waals surface area contributed by atoms with Crippen LogP contribution in [0.2, 0.25) is 0 Å². The molecule has 0 unspecified atom stereocenters. The summed E-state index contributed by atoms with van der Waals surface area (Å²) in [6.07, 6.45) is 1.05. The van der Waals surface area contributed by atoms with Gasteiger partial charge in [-0.1, -0.05) is 42.5 Å². The maximum atomic E-state index is 3.56. The van der Waals surface area contributed by atoms with Crippen LogP contribution in [0.15, 0.2) is 48.5 Å². The van der Waals surface area contributed by atoms with Crippen molar-refractivity contribution >= 4 is 0 Å². The third-order valence-corrected chi connectivity index (χ3v) is 4.08. The minimum absolute atomic E-state index is 0.135. The zero-order valence-electron chi connectivity index (χ0n) is 16.7. The Balaban J connectivity index is 2.07. The van der Waals surface area contributed by atoms with Crippen LogP contribution < -0.4 is 10.6 Å². The maximum Gasteiger partial charge on any atom is 0.0210 e. The topological polar surface area (TPSA) is 24.1 Å². The van der Waals surface area contributed by atoms with Gasteiger partial charge in [0.25, 0.3) is 0 Å². The Morgan fingerprint density at radius 1 is 0.680 bits per heavy atom. The minimum Gasteiger partial charge on any atom is -0.312 e. The molecule has 0 saturated carbocycles. The van der Waals surface area contributed by atoms with E-state index < -0.39 is 0 Å². The molecule has 0 fully saturated rings. The summed E-state index contributed by atoms with van der Waals surface area (Å²) in [5.74, 6) is 0. The van der Waals surface area contributed by atoms with Crippen LogP contribution in [0.1, 0.15) is 52.7 Å². The third-order valence-electron chi connectivity index (χ3n) is 4.08. The molecule has 25 heavy (non-hydrogen) atoms. The van der Waals surface area contributed by atoms with E-state index in [2.05, 4.69) is 101 Å². The summed E-state index contributed by atoms with van der Waals surface area (Å²) < 4.78 is 0. The lowest BCUT2D eigenvalue weighted by Gasteiger charge is -2.21. The van der Waals surface area contributed by atoms with Gasteiger partial charge >= 0.3 is 0 Å². The van der Waals surface area contributed by atoms with Crippen molar-refractivity contribution in [2.75, 3.05) is 6.54 Å². The van der Waals surface area contributed by atoms with Crippen LogP contribution in [-0.4, -0.2) is 17.6 Å². The first kappa shape index (κ1) is 19.7. The normalized spacial score (nSPS) is 12.4. The Morgan fingerprint density at radius 2 is 1.20 bits per heavy atom. The second-order valence-electron chi connectivity index (χ2n) is 8.93. The van der Waals surface area contributed by atoms with E-state index in [4.69, 9.17) is 0 Å². The molecule has 0 aromatic heterocycles. The number of benzene rings is 2. The minimum atomic E-state index is 0.135. The lowest BCUT2D eigenvalue weighted by Crippen LogP contribution is -2.37. The quantitative estimate of drug-likeness (QED) is 0.759. The Kier molecular flexibility index (Phi) is 6.42. The van der Waals surface area contributed by atoms with E-state index in [-0.39, 0.29) is 11.1 Å². The fourth-order valence-corrected chi connectivity index (χ4v) is 2.72. The highest BCUT2D eigenvalue weighted by Crippen LogP contribution is 2.22. The summed E-state index contributed by atoms with van der Waals surface area (Å²) in [7, 11) is 0. The fraction of sp³-hybridized carbons (Fsp3) is 0.478. The van der Waals surface area contributed by atoms with Crippen LogP contribution in [0.5, 0.6) is 0 Å². The highest BCUT2D eigenvalue weighted by Gasteiger charge is 2.09. The van der Waals surface area contributed by atoms with E-state index in [1.807, 2.05) is 0 Å². The predicted molar refractivity (Wildman–Crippen MR) is 110 cm³/mol. The van der Waals surface area contributed by atoms with Crippen LogP contribution in [0.4, 0.5) is 0 Å². The first-order chi connectivity index (χ1) is 11.6. The van der Waals surface area contributed by atoms with E-state index in [1.54, 1.807) is 0 Å². The second-order valence-corrected chi connectivity index (χ2v) is 8.93. The molecule has 2 heteroatoms. The molecule has 2 aromatic carbocycles. The van der Waals surface area contributed by atoms with E-state index in [1.165, 1.54) is 22.3 Å². The van der Waals surface area contributed by atoms with Crippen molar-refractivity contribution in [3.63, 3.8) is 0 Å². The van der Waals surface area contributed by atoms with Crippen molar-refractivity contribution in [1.29, 1.82) is 0 Å². The lowest BCUT2D eigenvalue weighted by atomic mass is 9.99. The largest absolute Gasteiger partial charge is 0.312 e. The van der Waals surface area contributed by atoms with Gasteiger partial charge in [0.2, 0.25) is 0 Å². The highest BCUT2D eigenvalue weighted by molar-refractivity contribution is 5.65. The molecule has 0 atom stereocenters. The van der Waals surface area contributed by atoms with Crippen LogP contribution in [0, 0.1) is 0 Å². The Bertz CT molecular complexity index is 675. The molecule has 0 aliphatic rings. The van der Waals surface area contributed by atoms with Gasteiger partial charge in [-0.05, 0) is 82.8 Å². The second kappa shape index (κ2) is 8.16. The van der Waals surface area contributed by atoms with Crippen LogP contribution >= 0.6 is 0 Å². The van der Waals surface area contributed by atoms with E-state index in [9.17, 15) is 0 Å². The standard InChI is InChI=1S/C23H34N2/c1-22(2,3)24-14-13-18-9-7-11-20(15-18)21-12-8-10-19(16-21)17-25-23(4,5)6/h7-12,15-16,24-25H,13-14,17H2,1-6H3. The Morgan fingerprint density at radius 3 is 1.76 bits per heavy atom. The molecule has 0 aliphatic carbocycles. The highest BCUT2D eigenvalue weighted by atomic mass is 14.9. The number of rotatable bonds is 6. The summed E-state index contributed by atoms with van der Waals surface area (Å²) in [5.41, 5.74) is 5.60. The van der Waals surface area contributed by atoms with Gasteiger partial charge in [-0.15, -0.1) is 0 Å². The van der Waals surface area contributed by atoms with Crippen molar-refractivity contribution in [2.24, 2.45) is 0 Å². The summed E-state index contributed by atoms with van der Waals surface area (Å²) in [6, 6.07) is 17.8. The monoisotopic (exact) mass is 338 g/mol. The molecule has 0 radical (unpaired) electrons. The number of nitrogens with one attached hydrogen (secondary N) is 2. The molecule has 0 amide bonds. The Hall–Kier alpha value is -1.64. The summed E-state index contributed by atoms with van der Waals surface area (Å²) in [4.78, 5) is 0. The van der Waals surface area contributed by atoms with Gasteiger partial charge in [0, 0.05) is 17.6 Å². The van der Waals surface area contributed by atoms with Crippen molar-refractivity contribution in [3.8, 4) is 11.1 Å². The number of hydrogen-bond donors (Lipinski definition) is 2. The first-order valence-corrected chi connectivity index (χ1v) is 9.31. The fourth-order valence-electron chi connectivity index (χ4n) is 2.72. The van der Waals surface area contributed by atoms with Crippen LogP contribution in [0.3, 0.4) is 0 Å². The van der Waals surface area contributed by atoms with Gasteiger partial charge in [0.15, 0.2) is 0 Å². The average Bonchev–Trinajstić information content (AvgIpc) is 2.52. The molecule has 2 N–H and O–H groups in total. The molecule has 2 rings (SSSR count). The van der Waals surface area contributed by atoms with E-state index in [0.717, 1.165) is 19.5 Å².